The van der Waals surface area contributed by atoms with Crippen molar-refractivity contribution in [2.24, 2.45) is 5.84 Å². The lowest BCUT2D eigenvalue weighted by atomic mass is 10.3. The standard InChI is InChI=1S/C13H14N2O2S2/c1-8-9(6-12(19-8)13(17)15-14)7-18-11-5-3-2-4-10(11)16/h2-6,16H,7,14H2,1H3,(H,15,17). The van der Waals surface area contributed by atoms with Gasteiger partial charge in [0.2, 0.25) is 0 Å². The summed E-state index contributed by atoms with van der Waals surface area (Å²) in [5.41, 5.74) is 3.21. The number of para-hydroxylation sites is 1. The summed E-state index contributed by atoms with van der Waals surface area (Å²) in [5, 5.41) is 9.69. The van der Waals surface area contributed by atoms with Crippen LogP contribution >= 0.6 is 23.1 Å². The zero-order chi connectivity index (χ0) is 13.8. The number of thioether (sulfide) groups is 1. The van der Waals surface area contributed by atoms with E-state index in [0.717, 1.165) is 15.3 Å². The minimum atomic E-state index is -0.271. The summed E-state index contributed by atoms with van der Waals surface area (Å²) in [5.74, 6) is 5.83. The summed E-state index contributed by atoms with van der Waals surface area (Å²) < 4.78 is 0. The number of benzene rings is 1. The number of rotatable bonds is 4. The topological polar surface area (TPSA) is 75.4 Å². The minimum absolute atomic E-state index is 0.271. The van der Waals surface area contributed by atoms with Crippen molar-refractivity contribution in [3.05, 3.63) is 45.6 Å². The first-order valence-corrected chi connectivity index (χ1v) is 7.43. The van der Waals surface area contributed by atoms with Crippen molar-refractivity contribution < 1.29 is 9.90 Å². The molecule has 0 unspecified atom stereocenters. The van der Waals surface area contributed by atoms with Gasteiger partial charge < -0.3 is 5.11 Å². The molecule has 0 aliphatic heterocycles. The molecule has 1 amide bonds. The number of nitrogens with one attached hydrogen (secondary N) is 1. The van der Waals surface area contributed by atoms with E-state index in [9.17, 15) is 9.90 Å². The van der Waals surface area contributed by atoms with Crippen LogP contribution in [0, 0.1) is 6.92 Å². The first kappa shape index (κ1) is 13.9. The van der Waals surface area contributed by atoms with Gasteiger partial charge in [0, 0.05) is 15.5 Å². The van der Waals surface area contributed by atoms with Gasteiger partial charge in [-0.2, -0.15) is 0 Å². The first-order valence-electron chi connectivity index (χ1n) is 5.63. The quantitative estimate of drug-likeness (QED) is 0.351. The Hall–Kier alpha value is -1.50. The van der Waals surface area contributed by atoms with Crippen molar-refractivity contribution >= 4 is 29.0 Å². The molecule has 0 aliphatic rings. The van der Waals surface area contributed by atoms with E-state index in [2.05, 4.69) is 5.43 Å². The summed E-state index contributed by atoms with van der Waals surface area (Å²) in [6.07, 6.45) is 0. The van der Waals surface area contributed by atoms with Crippen molar-refractivity contribution in [1.82, 2.24) is 5.43 Å². The van der Waals surface area contributed by atoms with Gasteiger partial charge in [-0.1, -0.05) is 12.1 Å². The average molecular weight is 294 g/mol. The van der Waals surface area contributed by atoms with Crippen LogP contribution in [0.25, 0.3) is 0 Å². The Kier molecular flexibility index (Phi) is 4.47. The predicted molar refractivity (Wildman–Crippen MR) is 78.4 cm³/mol. The summed E-state index contributed by atoms with van der Waals surface area (Å²) in [6.45, 7) is 1.97. The predicted octanol–water partition coefficient (Wildman–Crippen LogP) is 2.66. The van der Waals surface area contributed by atoms with E-state index in [0.29, 0.717) is 10.6 Å². The second kappa shape index (κ2) is 6.10. The molecule has 0 radical (unpaired) electrons. The van der Waals surface area contributed by atoms with Gasteiger partial charge in [0.25, 0.3) is 5.91 Å². The number of hydrazine groups is 1. The van der Waals surface area contributed by atoms with E-state index in [1.54, 1.807) is 23.9 Å². The van der Waals surface area contributed by atoms with Gasteiger partial charge >= 0.3 is 0 Å². The molecule has 1 aromatic carbocycles. The van der Waals surface area contributed by atoms with Crippen molar-refractivity contribution in [3.63, 3.8) is 0 Å². The molecule has 0 fully saturated rings. The van der Waals surface area contributed by atoms with Crippen LogP contribution in [0.5, 0.6) is 5.75 Å². The fourth-order valence-electron chi connectivity index (χ4n) is 1.58. The molecule has 0 aliphatic carbocycles. The fourth-order valence-corrected chi connectivity index (χ4v) is 3.62. The Morgan fingerprint density at radius 1 is 1.47 bits per heavy atom. The second-order valence-corrected chi connectivity index (χ2v) is 6.20. The van der Waals surface area contributed by atoms with Crippen molar-refractivity contribution in [3.8, 4) is 5.75 Å². The molecule has 2 rings (SSSR count). The zero-order valence-corrected chi connectivity index (χ0v) is 12.0. The maximum absolute atomic E-state index is 11.4. The molecule has 100 valence electrons. The van der Waals surface area contributed by atoms with Crippen LogP contribution in [0.1, 0.15) is 20.1 Å². The van der Waals surface area contributed by atoms with Gasteiger partial charge in [0.05, 0.1) is 4.88 Å². The number of hydrogen-bond donors (Lipinski definition) is 3. The molecule has 0 saturated heterocycles. The van der Waals surface area contributed by atoms with E-state index in [-0.39, 0.29) is 11.7 Å². The van der Waals surface area contributed by atoms with E-state index in [1.165, 1.54) is 11.3 Å². The number of nitrogen functional groups attached to an aromatic ring is 1. The number of aryl methyl sites for hydroxylation is 1. The number of amides is 1. The van der Waals surface area contributed by atoms with Crippen molar-refractivity contribution in [1.29, 1.82) is 0 Å². The Labute approximate surface area is 119 Å². The summed E-state index contributed by atoms with van der Waals surface area (Å²) in [4.78, 5) is 14.0. The molecule has 6 heteroatoms. The number of phenolic OH excluding ortho intramolecular Hbond substituents is 1. The zero-order valence-electron chi connectivity index (χ0n) is 10.3. The third kappa shape index (κ3) is 3.28. The summed E-state index contributed by atoms with van der Waals surface area (Å²) in [7, 11) is 0. The summed E-state index contributed by atoms with van der Waals surface area (Å²) >= 11 is 2.96. The molecule has 4 nitrogen and oxygen atoms in total. The molecule has 0 spiro atoms. The molecule has 1 aromatic heterocycles. The Bertz CT molecular complexity index is 596. The third-order valence-corrected chi connectivity index (χ3v) is 4.83. The number of aromatic hydroxyl groups is 1. The maximum atomic E-state index is 11.4. The van der Waals surface area contributed by atoms with E-state index in [1.807, 2.05) is 25.1 Å². The lowest BCUT2D eigenvalue weighted by Gasteiger charge is -2.03. The van der Waals surface area contributed by atoms with Crippen LogP contribution in [-0.4, -0.2) is 11.0 Å². The SMILES string of the molecule is Cc1sc(C(=O)NN)cc1CSc1ccccc1O. The molecule has 2 aromatic rings. The second-order valence-electron chi connectivity index (χ2n) is 3.92. The van der Waals surface area contributed by atoms with E-state index >= 15 is 0 Å². The van der Waals surface area contributed by atoms with Crippen LogP contribution in [0.15, 0.2) is 35.2 Å². The van der Waals surface area contributed by atoms with Crippen LogP contribution in [0.2, 0.25) is 0 Å². The van der Waals surface area contributed by atoms with Crippen molar-refractivity contribution in [2.75, 3.05) is 0 Å². The average Bonchev–Trinajstić information content (AvgIpc) is 2.78. The molecular formula is C13H14N2O2S2. The lowest BCUT2D eigenvalue weighted by Crippen LogP contribution is -2.29. The molecule has 0 atom stereocenters. The van der Waals surface area contributed by atoms with Crippen LogP contribution in [0.4, 0.5) is 0 Å². The molecule has 0 saturated carbocycles. The van der Waals surface area contributed by atoms with Crippen LogP contribution in [0.3, 0.4) is 0 Å². The highest BCUT2D eigenvalue weighted by atomic mass is 32.2. The highest BCUT2D eigenvalue weighted by Crippen LogP contribution is 2.33. The fraction of sp³-hybridized carbons (Fsp3) is 0.154. The Morgan fingerprint density at radius 2 is 2.21 bits per heavy atom. The highest BCUT2D eigenvalue weighted by Gasteiger charge is 2.12. The Balaban J connectivity index is 2.10. The van der Waals surface area contributed by atoms with Crippen molar-refractivity contribution in [2.45, 2.75) is 17.6 Å². The number of carbonyl (C=O) groups is 1. The largest absolute Gasteiger partial charge is 0.507 e. The van der Waals surface area contributed by atoms with Gasteiger partial charge in [0.15, 0.2) is 0 Å². The van der Waals surface area contributed by atoms with Gasteiger partial charge in [-0.05, 0) is 30.7 Å². The van der Waals surface area contributed by atoms with Gasteiger partial charge in [-0.25, -0.2) is 5.84 Å². The molecular weight excluding hydrogens is 280 g/mol. The molecule has 4 N–H and O–H groups in total. The monoisotopic (exact) mass is 294 g/mol. The number of nitrogens with two attached hydrogens (primary N) is 1. The van der Waals surface area contributed by atoms with Gasteiger partial charge in [0.1, 0.15) is 5.75 Å². The minimum Gasteiger partial charge on any atom is -0.507 e. The number of carbonyl (C=O) groups excluding carboxylic acids is 1. The van der Waals surface area contributed by atoms with Crippen LogP contribution in [-0.2, 0) is 5.75 Å². The molecule has 0 bridgehead atoms. The smallest absolute Gasteiger partial charge is 0.275 e. The summed E-state index contributed by atoms with van der Waals surface area (Å²) in [6, 6.07) is 9.05. The Morgan fingerprint density at radius 3 is 2.89 bits per heavy atom. The van der Waals surface area contributed by atoms with Gasteiger partial charge in [-0.15, -0.1) is 23.1 Å². The first-order chi connectivity index (χ1) is 9.11. The van der Waals surface area contributed by atoms with E-state index < -0.39 is 0 Å². The maximum Gasteiger partial charge on any atom is 0.275 e. The van der Waals surface area contributed by atoms with E-state index in [4.69, 9.17) is 5.84 Å². The van der Waals surface area contributed by atoms with Crippen LogP contribution < -0.4 is 11.3 Å². The number of phenols is 1. The molecule has 1 heterocycles. The normalized spacial score (nSPS) is 10.4. The number of thiophene rings is 1. The third-order valence-electron chi connectivity index (χ3n) is 2.62. The van der Waals surface area contributed by atoms with Gasteiger partial charge in [-0.3, -0.25) is 10.2 Å². The lowest BCUT2D eigenvalue weighted by molar-refractivity contribution is 0.0957. The highest BCUT2D eigenvalue weighted by molar-refractivity contribution is 7.98. The number of hydrogen-bond acceptors (Lipinski definition) is 5. The molecule has 19 heavy (non-hydrogen) atoms.